The van der Waals surface area contributed by atoms with E-state index in [0.717, 1.165) is 13.0 Å². The second-order valence-corrected chi connectivity index (χ2v) is 5.67. The molecule has 5 heteroatoms. The van der Waals surface area contributed by atoms with Crippen molar-refractivity contribution in [1.82, 2.24) is 5.32 Å². The first-order chi connectivity index (χ1) is 6.16. The zero-order chi connectivity index (χ0) is 9.73. The van der Waals surface area contributed by atoms with Gasteiger partial charge in [0, 0.05) is 24.5 Å². The highest BCUT2D eigenvalue weighted by Crippen LogP contribution is 2.03. The van der Waals surface area contributed by atoms with Gasteiger partial charge in [0.25, 0.3) is 5.91 Å². The van der Waals surface area contributed by atoms with Crippen molar-refractivity contribution in [3.05, 3.63) is 0 Å². The van der Waals surface area contributed by atoms with Crippen molar-refractivity contribution >= 4 is 15.6 Å². The van der Waals surface area contributed by atoms with Gasteiger partial charge < -0.3 is 5.32 Å². The van der Waals surface area contributed by atoms with E-state index in [-0.39, 0.29) is 5.91 Å². The van der Waals surface area contributed by atoms with Crippen molar-refractivity contribution < 1.29 is 9.00 Å². The molecular formula is C8H16N2O2S. The van der Waals surface area contributed by atoms with E-state index in [4.69, 9.17) is 0 Å². The van der Waals surface area contributed by atoms with Crippen molar-refractivity contribution in [3.63, 3.8) is 0 Å². The molecule has 1 aliphatic heterocycles. The lowest BCUT2D eigenvalue weighted by Gasteiger charge is -2.03. The second-order valence-electron chi connectivity index (χ2n) is 3.12. The molecule has 76 valence electrons. The lowest BCUT2D eigenvalue weighted by Crippen LogP contribution is -2.19. The Morgan fingerprint density at radius 3 is 2.92 bits per heavy atom. The van der Waals surface area contributed by atoms with Gasteiger partial charge in [-0.3, -0.25) is 4.79 Å². The fourth-order valence-corrected chi connectivity index (χ4v) is 3.17. The van der Waals surface area contributed by atoms with Gasteiger partial charge in [-0.25, -0.2) is 4.21 Å². The molecule has 1 atom stereocenters. The van der Waals surface area contributed by atoms with Gasteiger partial charge in [0.15, 0.2) is 0 Å². The molecule has 0 bridgehead atoms. The van der Waals surface area contributed by atoms with Crippen LogP contribution in [0.15, 0.2) is 4.36 Å². The monoisotopic (exact) mass is 204 g/mol. The minimum Gasteiger partial charge on any atom is -0.316 e. The zero-order valence-corrected chi connectivity index (χ0v) is 8.73. The number of carbonyl (C=O) groups is 1. The summed E-state index contributed by atoms with van der Waals surface area (Å²) in [5.74, 6) is 0.844. The lowest BCUT2D eigenvalue weighted by atomic mass is 10.5. The summed E-state index contributed by atoms with van der Waals surface area (Å²) in [5.41, 5.74) is 0. The third-order valence-corrected chi connectivity index (χ3v) is 4.29. The van der Waals surface area contributed by atoms with Crippen LogP contribution in [0.2, 0.25) is 0 Å². The van der Waals surface area contributed by atoms with Crippen LogP contribution in [-0.4, -0.2) is 34.7 Å². The van der Waals surface area contributed by atoms with Gasteiger partial charge >= 0.3 is 0 Å². The normalized spacial score (nSPS) is 29.3. The quantitative estimate of drug-likeness (QED) is 0.672. The highest BCUT2D eigenvalue weighted by Gasteiger charge is 2.13. The molecule has 13 heavy (non-hydrogen) atoms. The topological polar surface area (TPSA) is 58.5 Å². The Morgan fingerprint density at radius 1 is 1.46 bits per heavy atom. The molecule has 0 aromatic carbocycles. The van der Waals surface area contributed by atoms with E-state index in [2.05, 4.69) is 9.68 Å². The van der Waals surface area contributed by atoms with Crippen LogP contribution >= 0.6 is 0 Å². The zero-order valence-electron chi connectivity index (χ0n) is 7.91. The maximum Gasteiger partial charge on any atom is 0.253 e. The molecule has 0 aromatic heterocycles. The smallest absolute Gasteiger partial charge is 0.253 e. The average molecular weight is 204 g/mol. The summed E-state index contributed by atoms with van der Waals surface area (Å²) in [7, 11) is -2.23. The van der Waals surface area contributed by atoms with E-state index in [1.807, 2.05) is 0 Å². The molecule has 0 spiro atoms. The molecule has 0 saturated carbocycles. The van der Waals surface area contributed by atoms with Crippen molar-refractivity contribution in [2.75, 3.05) is 24.6 Å². The highest BCUT2D eigenvalue weighted by atomic mass is 32.2. The fraction of sp³-hybridized carbons (Fsp3) is 0.875. The van der Waals surface area contributed by atoms with Gasteiger partial charge in [-0.1, -0.05) is 6.92 Å². The van der Waals surface area contributed by atoms with Crippen LogP contribution in [0, 0.1) is 0 Å². The molecule has 1 N–H and O–H groups in total. The summed E-state index contributed by atoms with van der Waals surface area (Å²) in [6.45, 7) is 3.33. The van der Waals surface area contributed by atoms with Crippen molar-refractivity contribution in [2.45, 2.75) is 19.8 Å². The number of hydrogen-bond acceptors (Lipinski definition) is 3. The first-order valence-corrected chi connectivity index (χ1v) is 6.48. The van der Waals surface area contributed by atoms with Gasteiger partial charge in [0.05, 0.1) is 9.73 Å². The van der Waals surface area contributed by atoms with Crippen LogP contribution in [0.3, 0.4) is 0 Å². The number of nitrogens with one attached hydrogen (secondary N) is 1. The van der Waals surface area contributed by atoms with Crippen LogP contribution in [-0.2, 0) is 14.5 Å². The largest absolute Gasteiger partial charge is 0.316 e. The minimum absolute atomic E-state index is 0.230. The number of carbonyl (C=O) groups excluding carboxylic acids is 1. The molecule has 0 aromatic rings. The second kappa shape index (κ2) is 4.72. The summed E-state index contributed by atoms with van der Waals surface area (Å²) in [5, 5.41) is 3.14. The Morgan fingerprint density at radius 2 is 2.23 bits per heavy atom. The van der Waals surface area contributed by atoms with Crippen molar-refractivity contribution in [1.29, 1.82) is 0 Å². The summed E-state index contributed by atoms with van der Waals surface area (Å²) < 4.78 is 15.8. The molecule has 1 amide bonds. The summed E-state index contributed by atoms with van der Waals surface area (Å²) >= 11 is 0. The van der Waals surface area contributed by atoms with Gasteiger partial charge in [-0.05, 0) is 13.0 Å². The minimum atomic E-state index is -2.23. The molecule has 1 fully saturated rings. The summed E-state index contributed by atoms with van der Waals surface area (Å²) in [6.07, 6.45) is 1.20. The van der Waals surface area contributed by atoms with Crippen LogP contribution < -0.4 is 5.32 Å². The number of nitrogens with zero attached hydrogens (tertiary/aromatic N) is 1. The fourth-order valence-electron chi connectivity index (χ4n) is 1.22. The number of amides is 1. The Bertz CT molecular complexity index is 279. The van der Waals surface area contributed by atoms with Gasteiger partial charge in [-0.15, -0.1) is 0 Å². The summed E-state index contributed by atoms with van der Waals surface area (Å²) in [4.78, 5) is 11.0. The van der Waals surface area contributed by atoms with Gasteiger partial charge in [0.2, 0.25) is 0 Å². The number of hydrogen-bond donors (Lipinski definition) is 1. The van der Waals surface area contributed by atoms with Crippen LogP contribution in [0.4, 0.5) is 0 Å². The maximum atomic E-state index is 12.0. The predicted octanol–water partition coefficient (Wildman–Crippen LogP) is 0.384. The molecule has 0 aliphatic carbocycles. The standard InChI is InChI=1S/C8H16N2O2S/c1-2-8(11)10-13(12)6-3-4-9-5-7-13/h9H,2-7H2,1H3. The van der Waals surface area contributed by atoms with E-state index in [1.54, 1.807) is 6.92 Å². The highest BCUT2D eigenvalue weighted by molar-refractivity contribution is 7.93. The maximum absolute atomic E-state index is 12.0. The molecule has 1 rings (SSSR count). The third-order valence-electron chi connectivity index (χ3n) is 1.99. The molecule has 0 radical (unpaired) electrons. The number of rotatable bonds is 1. The van der Waals surface area contributed by atoms with Crippen molar-refractivity contribution in [2.24, 2.45) is 4.36 Å². The Balaban J connectivity index is 2.77. The van der Waals surface area contributed by atoms with E-state index in [1.165, 1.54) is 0 Å². The molecule has 4 nitrogen and oxygen atoms in total. The van der Waals surface area contributed by atoms with Crippen molar-refractivity contribution in [3.8, 4) is 0 Å². The molecule has 1 unspecified atom stereocenters. The van der Waals surface area contributed by atoms with Crippen LogP contribution in [0.25, 0.3) is 0 Å². The predicted molar refractivity (Wildman–Crippen MR) is 53.1 cm³/mol. The Kier molecular flexibility index (Phi) is 3.87. The van der Waals surface area contributed by atoms with E-state index >= 15 is 0 Å². The lowest BCUT2D eigenvalue weighted by molar-refractivity contribution is -0.117. The van der Waals surface area contributed by atoms with E-state index in [0.29, 0.717) is 24.5 Å². The molecular weight excluding hydrogens is 188 g/mol. The van der Waals surface area contributed by atoms with Crippen LogP contribution in [0.1, 0.15) is 19.8 Å². The van der Waals surface area contributed by atoms with E-state index in [9.17, 15) is 9.00 Å². The molecule has 1 heterocycles. The Hall–Kier alpha value is -0.420. The average Bonchev–Trinajstić information content (AvgIpc) is 2.30. The van der Waals surface area contributed by atoms with Crippen LogP contribution in [0.5, 0.6) is 0 Å². The molecule has 1 saturated heterocycles. The first-order valence-electron chi connectivity index (χ1n) is 4.62. The third kappa shape index (κ3) is 3.44. The SMILES string of the molecule is CCC(=O)N=S1(=O)CCCNCC1. The van der Waals surface area contributed by atoms with Gasteiger partial charge in [0.1, 0.15) is 0 Å². The van der Waals surface area contributed by atoms with Gasteiger partial charge in [-0.2, -0.15) is 4.36 Å². The van der Waals surface area contributed by atoms with E-state index < -0.39 is 9.73 Å². The molecule has 1 aliphatic rings. The summed E-state index contributed by atoms with van der Waals surface area (Å²) in [6, 6.07) is 0. The first kappa shape index (κ1) is 10.7. The Labute approximate surface area is 79.3 Å².